The van der Waals surface area contributed by atoms with E-state index in [1.165, 1.54) is 6.07 Å². The molecule has 3 heteroatoms. The zero-order valence-electron chi connectivity index (χ0n) is 9.60. The fourth-order valence-corrected chi connectivity index (χ4v) is 1.91. The molecule has 0 amide bonds. The number of anilines is 2. The fourth-order valence-electron chi connectivity index (χ4n) is 1.91. The summed E-state index contributed by atoms with van der Waals surface area (Å²) >= 11 is 0. The van der Waals surface area contributed by atoms with E-state index in [0.29, 0.717) is 5.69 Å². The van der Waals surface area contributed by atoms with Crippen LogP contribution in [0.1, 0.15) is 0 Å². The van der Waals surface area contributed by atoms with Crippen molar-refractivity contribution in [3.63, 3.8) is 0 Å². The van der Waals surface area contributed by atoms with E-state index in [1.54, 1.807) is 24.4 Å². The summed E-state index contributed by atoms with van der Waals surface area (Å²) in [4.78, 5) is 4.27. The topological polar surface area (TPSA) is 24.9 Å². The number of fused-ring (bicyclic) bond motifs is 1. The molecule has 0 bridgehead atoms. The highest BCUT2D eigenvalue weighted by Gasteiger charge is 2.04. The minimum Gasteiger partial charge on any atom is -0.353 e. The van der Waals surface area contributed by atoms with Crippen molar-refractivity contribution in [2.45, 2.75) is 0 Å². The zero-order valence-corrected chi connectivity index (χ0v) is 9.60. The molecule has 2 nitrogen and oxygen atoms in total. The summed E-state index contributed by atoms with van der Waals surface area (Å²) in [5, 5.41) is 4.08. The van der Waals surface area contributed by atoms with E-state index in [-0.39, 0.29) is 5.82 Å². The van der Waals surface area contributed by atoms with Crippen LogP contribution in [0.5, 0.6) is 0 Å². The van der Waals surface area contributed by atoms with E-state index < -0.39 is 0 Å². The van der Waals surface area contributed by atoms with Crippen LogP contribution in [-0.4, -0.2) is 4.98 Å². The molecular formula is C15H11FN2. The fraction of sp³-hybridized carbons (Fsp3) is 0. The summed E-state index contributed by atoms with van der Waals surface area (Å²) in [6.45, 7) is 0. The number of benzene rings is 2. The molecule has 0 saturated heterocycles. The zero-order chi connectivity index (χ0) is 12.4. The quantitative estimate of drug-likeness (QED) is 0.726. The largest absolute Gasteiger partial charge is 0.353 e. The van der Waals surface area contributed by atoms with Crippen LogP contribution < -0.4 is 5.32 Å². The maximum absolute atomic E-state index is 13.6. The van der Waals surface area contributed by atoms with Gasteiger partial charge in [0.15, 0.2) is 0 Å². The molecule has 3 rings (SSSR count). The molecule has 0 fully saturated rings. The van der Waals surface area contributed by atoms with Crippen molar-refractivity contribution in [1.82, 2.24) is 4.98 Å². The lowest BCUT2D eigenvalue weighted by atomic mass is 10.2. The van der Waals surface area contributed by atoms with Gasteiger partial charge in [0.05, 0.1) is 11.2 Å². The highest BCUT2D eigenvalue weighted by atomic mass is 19.1. The number of aromatic nitrogens is 1. The Bertz CT molecular complexity index is 689. The van der Waals surface area contributed by atoms with Crippen LogP contribution >= 0.6 is 0 Å². The number of nitrogens with zero attached hydrogens (tertiary/aromatic N) is 1. The Labute approximate surface area is 104 Å². The molecule has 0 atom stereocenters. The predicted octanol–water partition coefficient (Wildman–Crippen LogP) is 4.12. The van der Waals surface area contributed by atoms with Crippen LogP contribution in [0.15, 0.2) is 60.8 Å². The monoisotopic (exact) mass is 238 g/mol. The van der Waals surface area contributed by atoms with Gasteiger partial charge in [0.2, 0.25) is 0 Å². The molecule has 1 aromatic heterocycles. The number of hydrogen-bond donors (Lipinski definition) is 1. The van der Waals surface area contributed by atoms with Gasteiger partial charge < -0.3 is 5.32 Å². The van der Waals surface area contributed by atoms with Crippen molar-refractivity contribution in [1.29, 1.82) is 0 Å². The number of para-hydroxylation sites is 2. The summed E-state index contributed by atoms with van der Waals surface area (Å²) < 4.78 is 13.6. The first-order valence-corrected chi connectivity index (χ1v) is 5.70. The molecule has 0 saturated carbocycles. The summed E-state index contributed by atoms with van der Waals surface area (Å²) in [6, 6.07) is 16.2. The van der Waals surface area contributed by atoms with Crippen molar-refractivity contribution in [3.05, 3.63) is 66.6 Å². The predicted molar refractivity (Wildman–Crippen MR) is 71.4 cm³/mol. The lowest BCUT2D eigenvalue weighted by Crippen LogP contribution is -1.94. The molecule has 0 unspecified atom stereocenters. The lowest BCUT2D eigenvalue weighted by Gasteiger charge is -2.09. The molecule has 0 aliphatic rings. The Morgan fingerprint density at radius 3 is 2.50 bits per heavy atom. The third-order valence-corrected chi connectivity index (χ3v) is 2.79. The van der Waals surface area contributed by atoms with Gasteiger partial charge in [-0.2, -0.15) is 0 Å². The minimum absolute atomic E-state index is 0.265. The maximum atomic E-state index is 13.6. The van der Waals surface area contributed by atoms with Crippen molar-refractivity contribution in [3.8, 4) is 0 Å². The van der Waals surface area contributed by atoms with Gasteiger partial charge in [-0.15, -0.1) is 0 Å². The first-order chi connectivity index (χ1) is 8.84. The number of nitrogens with one attached hydrogen (secondary N) is 1. The normalized spacial score (nSPS) is 10.5. The molecule has 0 radical (unpaired) electrons. The van der Waals surface area contributed by atoms with Crippen LogP contribution in [0.3, 0.4) is 0 Å². The van der Waals surface area contributed by atoms with Gasteiger partial charge in [0.1, 0.15) is 5.82 Å². The number of hydrogen-bond acceptors (Lipinski definition) is 2. The van der Waals surface area contributed by atoms with Crippen LogP contribution in [0.4, 0.5) is 15.8 Å². The molecule has 0 aliphatic heterocycles. The van der Waals surface area contributed by atoms with Gasteiger partial charge in [0.25, 0.3) is 0 Å². The number of pyridine rings is 1. The molecule has 18 heavy (non-hydrogen) atoms. The Hall–Kier alpha value is -2.42. The summed E-state index contributed by atoms with van der Waals surface area (Å²) in [7, 11) is 0. The third kappa shape index (κ3) is 1.91. The highest BCUT2D eigenvalue weighted by molar-refractivity contribution is 5.92. The SMILES string of the molecule is Fc1ccccc1Nc1ccnc2ccccc12. The first-order valence-electron chi connectivity index (χ1n) is 5.70. The van der Waals surface area contributed by atoms with Crippen molar-refractivity contribution >= 4 is 22.3 Å². The Balaban J connectivity index is 2.08. The molecule has 2 aromatic carbocycles. The molecular weight excluding hydrogens is 227 g/mol. The van der Waals surface area contributed by atoms with Crippen molar-refractivity contribution in [2.24, 2.45) is 0 Å². The third-order valence-electron chi connectivity index (χ3n) is 2.79. The average Bonchev–Trinajstić information content (AvgIpc) is 2.42. The van der Waals surface area contributed by atoms with Gasteiger partial charge >= 0.3 is 0 Å². The van der Waals surface area contributed by atoms with Crippen LogP contribution in [-0.2, 0) is 0 Å². The van der Waals surface area contributed by atoms with E-state index in [1.807, 2.05) is 30.3 Å². The molecule has 0 aliphatic carbocycles. The van der Waals surface area contributed by atoms with Crippen molar-refractivity contribution < 1.29 is 4.39 Å². The van der Waals surface area contributed by atoms with Gasteiger partial charge in [0, 0.05) is 17.3 Å². The van der Waals surface area contributed by atoms with E-state index in [9.17, 15) is 4.39 Å². The Kier molecular flexibility index (Phi) is 2.65. The van der Waals surface area contributed by atoms with E-state index in [0.717, 1.165) is 16.6 Å². The highest BCUT2D eigenvalue weighted by Crippen LogP contribution is 2.25. The molecule has 1 heterocycles. The second kappa shape index (κ2) is 4.45. The van der Waals surface area contributed by atoms with Gasteiger partial charge in [-0.1, -0.05) is 30.3 Å². The molecule has 3 aromatic rings. The maximum Gasteiger partial charge on any atom is 0.146 e. The Morgan fingerprint density at radius 2 is 1.61 bits per heavy atom. The summed E-state index contributed by atoms with van der Waals surface area (Å²) in [5.41, 5.74) is 2.21. The van der Waals surface area contributed by atoms with Gasteiger partial charge in [-0.05, 0) is 24.3 Å². The van der Waals surface area contributed by atoms with Crippen LogP contribution in [0.25, 0.3) is 10.9 Å². The number of rotatable bonds is 2. The molecule has 1 N–H and O–H groups in total. The summed E-state index contributed by atoms with van der Waals surface area (Å²) in [5.74, 6) is -0.265. The van der Waals surface area contributed by atoms with Crippen molar-refractivity contribution in [2.75, 3.05) is 5.32 Å². The van der Waals surface area contributed by atoms with Gasteiger partial charge in [-0.25, -0.2) is 4.39 Å². The smallest absolute Gasteiger partial charge is 0.146 e. The molecule has 88 valence electrons. The summed E-state index contributed by atoms with van der Waals surface area (Å²) in [6.07, 6.45) is 1.71. The number of halogens is 1. The average molecular weight is 238 g/mol. The second-order valence-corrected chi connectivity index (χ2v) is 3.98. The van der Waals surface area contributed by atoms with Gasteiger partial charge in [-0.3, -0.25) is 4.98 Å². The lowest BCUT2D eigenvalue weighted by molar-refractivity contribution is 0.632. The van der Waals surface area contributed by atoms with E-state index >= 15 is 0 Å². The Morgan fingerprint density at radius 1 is 0.833 bits per heavy atom. The molecule has 0 spiro atoms. The standard InChI is InChI=1S/C15H11FN2/c16-12-6-2-4-8-15(12)18-14-9-10-17-13-7-3-1-5-11(13)14/h1-10H,(H,17,18). The van der Waals surface area contributed by atoms with E-state index in [2.05, 4.69) is 10.3 Å². The first kappa shape index (κ1) is 10.7. The van der Waals surface area contributed by atoms with Crippen LogP contribution in [0, 0.1) is 5.82 Å². The minimum atomic E-state index is -0.265. The second-order valence-electron chi connectivity index (χ2n) is 3.98. The van der Waals surface area contributed by atoms with E-state index in [4.69, 9.17) is 0 Å². The van der Waals surface area contributed by atoms with Crippen LogP contribution in [0.2, 0.25) is 0 Å².